The Hall–Kier alpha value is -15.1. The predicted molar refractivity (Wildman–Crippen MR) is 527 cm³/mol. The second kappa shape index (κ2) is 40.9. The van der Waals surface area contributed by atoms with Crippen molar-refractivity contribution >= 4 is 21.5 Å². The first kappa shape index (κ1) is 82.0. The smallest absolute Gasteiger partial charge is 0.00992 e. The van der Waals surface area contributed by atoms with Crippen molar-refractivity contribution in [2.75, 3.05) is 0 Å². The fourth-order valence-corrected chi connectivity index (χ4v) is 15.4. The molecule has 0 saturated carbocycles. The summed E-state index contributed by atoms with van der Waals surface area (Å²) >= 11 is 0. The van der Waals surface area contributed by atoms with Crippen LogP contribution >= 0.6 is 0 Å². The second-order valence-corrected chi connectivity index (χ2v) is 31.2. The van der Waals surface area contributed by atoms with Gasteiger partial charge in [0.05, 0.1) is 0 Å². The van der Waals surface area contributed by atoms with Gasteiger partial charge < -0.3 is 0 Å². The molecule has 0 N–H and O–H groups in total. The maximum absolute atomic E-state index is 2.31. The molecule has 588 valence electrons. The summed E-state index contributed by atoms with van der Waals surface area (Å²) in [5.74, 6) is 0. The van der Waals surface area contributed by atoms with Crippen LogP contribution in [0.1, 0.15) is 33.4 Å². The predicted octanol–water partition coefficient (Wildman–Crippen LogP) is 34.3. The molecule has 0 aromatic heterocycles. The molecule has 0 unspecified atom stereocenters. The van der Waals surface area contributed by atoms with Crippen molar-refractivity contribution in [1.29, 1.82) is 0 Å². The van der Waals surface area contributed by atoms with Crippen LogP contribution in [0.25, 0.3) is 155 Å². The van der Waals surface area contributed by atoms with Gasteiger partial charge in [0.2, 0.25) is 0 Å². The Morgan fingerprint density at radius 3 is 0.721 bits per heavy atom. The van der Waals surface area contributed by atoms with Crippen LogP contribution < -0.4 is 0 Å². The maximum Gasteiger partial charge on any atom is -0.00992 e. The molecule has 0 amide bonds. The summed E-state index contributed by atoms with van der Waals surface area (Å²) in [6.45, 7) is 12.8. The zero-order valence-corrected chi connectivity index (χ0v) is 70.3. The summed E-state index contributed by atoms with van der Waals surface area (Å²) in [6, 6.07) is 177. The lowest BCUT2D eigenvalue weighted by atomic mass is 9.91. The number of benzene rings is 20. The lowest BCUT2D eigenvalue weighted by Gasteiger charge is -2.13. The number of hydrogen-bond acceptors (Lipinski definition) is 0. The van der Waals surface area contributed by atoms with Crippen molar-refractivity contribution in [2.45, 2.75) is 41.5 Å². The Morgan fingerprint density at radius 2 is 0.344 bits per heavy atom. The second-order valence-electron chi connectivity index (χ2n) is 31.2. The zero-order valence-electron chi connectivity index (χ0n) is 70.3. The number of fused-ring (bicyclic) bond motifs is 2. The van der Waals surface area contributed by atoms with Gasteiger partial charge in [0.25, 0.3) is 0 Å². The van der Waals surface area contributed by atoms with E-state index < -0.39 is 0 Å². The van der Waals surface area contributed by atoms with E-state index in [4.69, 9.17) is 0 Å². The Morgan fingerprint density at radius 1 is 0.107 bits per heavy atom. The highest BCUT2D eigenvalue weighted by atomic mass is 14.2. The molecule has 20 rings (SSSR count). The van der Waals surface area contributed by atoms with Crippen molar-refractivity contribution in [2.24, 2.45) is 0 Å². The molecule has 20 aromatic rings. The van der Waals surface area contributed by atoms with E-state index in [2.05, 4.69) is 539 Å². The minimum atomic E-state index is 1.24. The molecule has 0 aliphatic heterocycles. The normalized spacial score (nSPS) is 10.5. The van der Waals surface area contributed by atoms with Crippen LogP contribution in [0.5, 0.6) is 0 Å². The van der Waals surface area contributed by atoms with Crippen molar-refractivity contribution in [1.82, 2.24) is 0 Å². The topological polar surface area (TPSA) is 0 Å². The number of aryl methyl sites for hydroxylation is 6. The molecule has 0 bridgehead atoms. The Kier molecular flexibility index (Phi) is 27.5. The van der Waals surface area contributed by atoms with Gasteiger partial charge in [-0.15, -0.1) is 0 Å². The van der Waals surface area contributed by atoms with E-state index in [1.165, 1.54) is 188 Å². The lowest BCUT2D eigenvalue weighted by molar-refractivity contribution is 1.46. The molecule has 0 nitrogen and oxygen atoms in total. The van der Waals surface area contributed by atoms with Crippen LogP contribution in [-0.2, 0) is 0 Å². The highest BCUT2D eigenvalue weighted by molar-refractivity contribution is 5.91. The van der Waals surface area contributed by atoms with Crippen LogP contribution in [0, 0.1) is 41.5 Å². The molecule has 0 saturated heterocycles. The van der Waals surface area contributed by atoms with Crippen LogP contribution in [0.15, 0.2) is 497 Å². The van der Waals surface area contributed by atoms with Gasteiger partial charge in [-0.05, 0) is 251 Å². The Balaban J connectivity index is 0.000000117. The summed E-state index contributed by atoms with van der Waals surface area (Å²) in [7, 11) is 0. The third-order valence-electron chi connectivity index (χ3n) is 22.1. The van der Waals surface area contributed by atoms with Gasteiger partial charge in [0.15, 0.2) is 0 Å². The van der Waals surface area contributed by atoms with Gasteiger partial charge in [-0.3, -0.25) is 0 Å². The van der Waals surface area contributed by atoms with E-state index in [0.29, 0.717) is 0 Å². The van der Waals surface area contributed by atoms with Crippen molar-refractivity contribution < 1.29 is 0 Å². The summed E-state index contributed by atoms with van der Waals surface area (Å²) in [6.07, 6.45) is 0. The summed E-state index contributed by atoms with van der Waals surface area (Å²) < 4.78 is 0. The third-order valence-corrected chi connectivity index (χ3v) is 22.1. The molecule has 0 fully saturated rings. The SMILES string of the molecule is Cc1ccc(-c2cc(-c3ccccc3)cc(-c3ccccc3)c2)cc1.Cc1ccc(-c2ccc(-c3ccccc3)c(-c3ccccc3)c2)cc1.Cc1ccc(-c2ccc(-c3ccccc3)cc2-c2ccccc2)cc1.Cc1ccc2ccccc2c1.Cc1cccc(-c2cc(-c3ccccc3)cc(-c3ccccc3)c2)c1.Cc1cccc2ccccc12. The number of rotatable bonds is 12. The van der Waals surface area contributed by atoms with Crippen LogP contribution in [0.4, 0.5) is 0 Å². The Bertz CT molecular complexity index is 6570. The van der Waals surface area contributed by atoms with Gasteiger partial charge >= 0.3 is 0 Å². The quantitative estimate of drug-likeness (QED) is 0.114. The average Bonchev–Trinajstić information content (AvgIpc) is 0.808. The van der Waals surface area contributed by atoms with Crippen LogP contribution in [0.3, 0.4) is 0 Å². The van der Waals surface area contributed by atoms with Crippen LogP contribution in [0.2, 0.25) is 0 Å². The molecule has 0 spiro atoms. The average molecular weight is 1570 g/mol. The van der Waals surface area contributed by atoms with Gasteiger partial charge in [-0.25, -0.2) is 0 Å². The first-order valence-corrected chi connectivity index (χ1v) is 42.1. The van der Waals surface area contributed by atoms with Gasteiger partial charge in [-0.1, -0.05) is 477 Å². The molecule has 20 aromatic carbocycles. The molecular formula is C122H100. The molecule has 0 radical (unpaired) electrons. The van der Waals surface area contributed by atoms with E-state index in [0.717, 1.165) is 0 Å². The first-order valence-electron chi connectivity index (χ1n) is 42.1. The van der Waals surface area contributed by atoms with Crippen molar-refractivity contribution in [3.05, 3.63) is 531 Å². The molecule has 122 heavy (non-hydrogen) atoms. The minimum absolute atomic E-state index is 1.24. The van der Waals surface area contributed by atoms with E-state index in [1.807, 2.05) is 0 Å². The third kappa shape index (κ3) is 21.8. The zero-order chi connectivity index (χ0) is 83.6. The minimum Gasteiger partial charge on any atom is -0.0622 e. The molecule has 0 atom stereocenters. The largest absolute Gasteiger partial charge is 0.0622 e. The van der Waals surface area contributed by atoms with E-state index >= 15 is 0 Å². The van der Waals surface area contributed by atoms with Crippen LogP contribution in [-0.4, -0.2) is 0 Å². The summed E-state index contributed by atoms with van der Waals surface area (Å²) in [5, 5.41) is 5.33. The standard InChI is InChI=1S/4C25H20.2C11H10/c1-19-9-8-14-22(15-19)25-17-23(20-10-4-2-5-11-20)16-24(18-25)21-12-6-3-7-13-21;1-19-12-14-22(15-13-19)25-17-23(20-8-4-2-5-9-20)16-24(18-25)21-10-6-3-7-11-21;1-19-12-14-20(15-13-19)23-16-17-24(21-8-4-2-5-9-21)25(18-23)22-10-6-3-7-11-22;1-19-12-14-22(15-13-19)24-17-16-23(20-8-4-2-5-9-20)18-25(24)21-10-6-3-7-11-21;1-9-5-4-7-10-6-2-3-8-11(9)10;1-9-6-7-10-4-2-3-5-11(10)8-9/h4*2-18H,1H3;2*2-8H,1H3. The van der Waals surface area contributed by atoms with E-state index in [-0.39, 0.29) is 0 Å². The van der Waals surface area contributed by atoms with Gasteiger partial charge in [-0.2, -0.15) is 0 Å². The number of hydrogen-bond donors (Lipinski definition) is 0. The maximum atomic E-state index is 2.31. The fraction of sp³-hybridized carbons (Fsp3) is 0.0492. The summed E-state index contributed by atoms with van der Waals surface area (Å²) in [4.78, 5) is 0. The summed E-state index contributed by atoms with van der Waals surface area (Å²) in [5.41, 5.74) is 37.8. The van der Waals surface area contributed by atoms with E-state index in [1.54, 1.807) is 0 Å². The highest BCUT2D eigenvalue weighted by Crippen LogP contribution is 2.40. The molecule has 0 heteroatoms. The fourth-order valence-electron chi connectivity index (χ4n) is 15.4. The van der Waals surface area contributed by atoms with E-state index in [9.17, 15) is 0 Å². The monoisotopic (exact) mass is 1560 g/mol. The first-order chi connectivity index (χ1) is 59.9. The van der Waals surface area contributed by atoms with Crippen molar-refractivity contribution in [3.63, 3.8) is 0 Å². The molecular weight excluding hydrogens is 1470 g/mol. The lowest BCUT2D eigenvalue weighted by Crippen LogP contribution is -1.88. The molecule has 0 aliphatic carbocycles. The van der Waals surface area contributed by atoms with Gasteiger partial charge in [0, 0.05) is 0 Å². The van der Waals surface area contributed by atoms with Crippen molar-refractivity contribution in [3.8, 4) is 134 Å². The Labute approximate surface area is 722 Å². The van der Waals surface area contributed by atoms with Gasteiger partial charge in [0.1, 0.15) is 0 Å². The molecule has 0 aliphatic rings. The highest BCUT2D eigenvalue weighted by Gasteiger charge is 2.15. The molecule has 0 heterocycles.